The molecule has 122 valence electrons. The summed E-state index contributed by atoms with van der Waals surface area (Å²) in [6.45, 7) is 0.404. The van der Waals surface area contributed by atoms with E-state index in [9.17, 15) is 4.79 Å². The molecule has 2 aromatic carbocycles. The van der Waals surface area contributed by atoms with E-state index in [0.717, 1.165) is 11.3 Å². The lowest BCUT2D eigenvalue weighted by Gasteiger charge is -2.13. The number of hydrogen-bond donors (Lipinski definition) is 1. The molecule has 0 fully saturated rings. The number of carbonyl (C=O) groups excluding carboxylic acids is 1. The summed E-state index contributed by atoms with van der Waals surface area (Å²) >= 11 is 3.38. The molecule has 0 atom stereocenters. The van der Waals surface area contributed by atoms with E-state index in [0.29, 0.717) is 28.1 Å². The smallest absolute Gasteiger partial charge is 0.255 e. The predicted octanol–water partition coefficient (Wildman–Crippen LogP) is 3.40. The van der Waals surface area contributed by atoms with E-state index < -0.39 is 0 Å². The minimum atomic E-state index is -0.239. The number of halogens is 1. The zero-order valence-corrected chi connectivity index (χ0v) is 14.8. The molecule has 0 aliphatic heterocycles. The first-order valence-corrected chi connectivity index (χ1v) is 7.71. The van der Waals surface area contributed by atoms with Gasteiger partial charge in [-0.3, -0.25) is 4.79 Å². The van der Waals surface area contributed by atoms with E-state index in [2.05, 4.69) is 21.2 Å². The van der Waals surface area contributed by atoms with Gasteiger partial charge in [-0.05, 0) is 45.8 Å². The maximum absolute atomic E-state index is 12.4. The zero-order chi connectivity index (χ0) is 16.8. The van der Waals surface area contributed by atoms with Crippen LogP contribution in [0.1, 0.15) is 15.9 Å². The molecule has 6 heteroatoms. The van der Waals surface area contributed by atoms with Crippen molar-refractivity contribution in [2.75, 3.05) is 21.3 Å². The lowest BCUT2D eigenvalue weighted by Crippen LogP contribution is -2.23. The average molecular weight is 380 g/mol. The van der Waals surface area contributed by atoms with Crippen LogP contribution < -0.4 is 19.5 Å². The van der Waals surface area contributed by atoms with Crippen LogP contribution in [-0.2, 0) is 6.54 Å². The van der Waals surface area contributed by atoms with Crippen molar-refractivity contribution in [1.82, 2.24) is 5.32 Å². The fourth-order valence-corrected chi connectivity index (χ4v) is 2.68. The highest BCUT2D eigenvalue weighted by Crippen LogP contribution is 2.33. The lowest BCUT2D eigenvalue weighted by atomic mass is 10.1. The van der Waals surface area contributed by atoms with Crippen LogP contribution in [-0.4, -0.2) is 27.2 Å². The van der Waals surface area contributed by atoms with Gasteiger partial charge in [-0.1, -0.05) is 12.1 Å². The lowest BCUT2D eigenvalue weighted by molar-refractivity contribution is 0.0947. The second-order valence-electron chi connectivity index (χ2n) is 4.72. The van der Waals surface area contributed by atoms with Crippen LogP contribution in [0.5, 0.6) is 17.2 Å². The molecule has 0 heterocycles. The summed E-state index contributed by atoms with van der Waals surface area (Å²) in [5, 5.41) is 2.87. The minimum absolute atomic E-state index is 0.239. The first kappa shape index (κ1) is 17.1. The van der Waals surface area contributed by atoms with Crippen LogP contribution in [0.15, 0.2) is 40.9 Å². The van der Waals surface area contributed by atoms with Crippen molar-refractivity contribution in [2.45, 2.75) is 6.54 Å². The Morgan fingerprint density at radius 3 is 2.22 bits per heavy atom. The predicted molar refractivity (Wildman–Crippen MR) is 91.4 cm³/mol. The van der Waals surface area contributed by atoms with E-state index in [1.54, 1.807) is 26.4 Å². The Bertz CT molecular complexity index is 686. The second kappa shape index (κ2) is 7.87. The quantitative estimate of drug-likeness (QED) is 0.835. The fraction of sp³-hybridized carbons (Fsp3) is 0.235. The molecule has 1 amide bonds. The molecule has 2 aromatic rings. The Labute approximate surface area is 143 Å². The first-order valence-electron chi connectivity index (χ1n) is 6.91. The summed E-state index contributed by atoms with van der Waals surface area (Å²) in [6.07, 6.45) is 0. The number of methoxy groups -OCH3 is 3. The number of amides is 1. The van der Waals surface area contributed by atoms with E-state index in [1.165, 1.54) is 7.11 Å². The van der Waals surface area contributed by atoms with Crippen molar-refractivity contribution in [1.29, 1.82) is 0 Å². The van der Waals surface area contributed by atoms with Crippen molar-refractivity contribution >= 4 is 21.8 Å². The summed E-state index contributed by atoms with van der Waals surface area (Å²) < 4.78 is 16.3. The number of nitrogens with one attached hydrogen (secondary N) is 1. The summed E-state index contributed by atoms with van der Waals surface area (Å²) in [4.78, 5) is 12.4. The van der Waals surface area contributed by atoms with Crippen molar-refractivity contribution < 1.29 is 19.0 Å². The summed E-state index contributed by atoms with van der Waals surface area (Å²) in [5.74, 6) is 1.58. The van der Waals surface area contributed by atoms with Crippen LogP contribution in [0.25, 0.3) is 0 Å². The molecule has 5 nitrogen and oxygen atoms in total. The minimum Gasteiger partial charge on any atom is -0.497 e. The van der Waals surface area contributed by atoms with Crippen molar-refractivity contribution in [3.8, 4) is 17.2 Å². The monoisotopic (exact) mass is 379 g/mol. The maximum Gasteiger partial charge on any atom is 0.255 e. The molecule has 0 saturated carbocycles. The molecule has 0 aliphatic rings. The normalized spacial score (nSPS) is 10.1. The summed E-state index contributed by atoms with van der Waals surface area (Å²) in [7, 11) is 4.68. The van der Waals surface area contributed by atoms with Gasteiger partial charge < -0.3 is 19.5 Å². The SMILES string of the molecule is COc1ccc(CNC(=O)c2cc(OC)cc(Br)c2OC)cc1. The van der Waals surface area contributed by atoms with E-state index in [4.69, 9.17) is 14.2 Å². The van der Waals surface area contributed by atoms with Gasteiger partial charge in [0, 0.05) is 6.54 Å². The van der Waals surface area contributed by atoms with Crippen LogP contribution in [0.4, 0.5) is 0 Å². The van der Waals surface area contributed by atoms with Crippen LogP contribution >= 0.6 is 15.9 Å². The molecule has 1 N–H and O–H groups in total. The second-order valence-corrected chi connectivity index (χ2v) is 5.58. The maximum atomic E-state index is 12.4. The van der Waals surface area contributed by atoms with E-state index in [1.807, 2.05) is 24.3 Å². The van der Waals surface area contributed by atoms with E-state index in [-0.39, 0.29) is 5.91 Å². The highest BCUT2D eigenvalue weighted by molar-refractivity contribution is 9.10. The molecule has 23 heavy (non-hydrogen) atoms. The highest BCUT2D eigenvalue weighted by atomic mass is 79.9. The Morgan fingerprint density at radius 1 is 1.00 bits per heavy atom. The molecule has 0 unspecified atom stereocenters. The third kappa shape index (κ3) is 4.16. The van der Waals surface area contributed by atoms with E-state index >= 15 is 0 Å². The van der Waals surface area contributed by atoms with Gasteiger partial charge in [-0.2, -0.15) is 0 Å². The number of rotatable bonds is 6. The molecule has 0 spiro atoms. The molecule has 0 aliphatic carbocycles. The van der Waals surface area contributed by atoms with Gasteiger partial charge >= 0.3 is 0 Å². The van der Waals surface area contributed by atoms with Crippen molar-refractivity contribution in [3.05, 3.63) is 52.0 Å². The van der Waals surface area contributed by atoms with Crippen molar-refractivity contribution in [3.63, 3.8) is 0 Å². The van der Waals surface area contributed by atoms with Gasteiger partial charge in [0.25, 0.3) is 5.91 Å². The van der Waals surface area contributed by atoms with Gasteiger partial charge in [0.15, 0.2) is 0 Å². The number of hydrogen-bond acceptors (Lipinski definition) is 4. The van der Waals surface area contributed by atoms with Crippen molar-refractivity contribution in [2.24, 2.45) is 0 Å². The first-order chi connectivity index (χ1) is 11.1. The molecule has 0 aromatic heterocycles. The van der Waals surface area contributed by atoms with Gasteiger partial charge in [-0.25, -0.2) is 0 Å². The third-order valence-corrected chi connectivity index (χ3v) is 3.90. The van der Waals surface area contributed by atoms with Gasteiger partial charge in [0.1, 0.15) is 17.2 Å². The summed E-state index contributed by atoms with van der Waals surface area (Å²) in [6, 6.07) is 10.9. The molecule has 0 radical (unpaired) electrons. The van der Waals surface area contributed by atoms with Crippen LogP contribution in [0.2, 0.25) is 0 Å². The number of carbonyl (C=O) groups is 1. The Balaban J connectivity index is 2.14. The Hall–Kier alpha value is -2.21. The molecular formula is C17H18BrNO4. The standard InChI is InChI=1S/C17H18BrNO4/c1-21-12-6-4-11(5-7-12)10-19-17(20)14-8-13(22-2)9-15(18)16(14)23-3/h4-9H,10H2,1-3H3,(H,19,20). The molecular weight excluding hydrogens is 362 g/mol. The van der Waals surface area contributed by atoms with Gasteiger partial charge in [-0.15, -0.1) is 0 Å². The third-order valence-electron chi connectivity index (χ3n) is 3.31. The fourth-order valence-electron chi connectivity index (χ4n) is 2.08. The Kier molecular flexibility index (Phi) is 5.87. The van der Waals surface area contributed by atoms with Crippen LogP contribution in [0, 0.1) is 0 Å². The number of ether oxygens (including phenoxy) is 3. The zero-order valence-electron chi connectivity index (χ0n) is 13.2. The van der Waals surface area contributed by atoms with Gasteiger partial charge in [0.2, 0.25) is 0 Å². The highest BCUT2D eigenvalue weighted by Gasteiger charge is 2.17. The molecule has 2 rings (SSSR count). The average Bonchev–Trinajstić information content (AvgIpc) is 2.59. The Morgan fingerprint density at radius 2 is 1.65 bits per heavy atom. The topological polar surface area (TPSA) is 56.8 Å². The van der Waals surface area contributed by atoms with Gasteiger partial charge in [0.05, 0.1) is 31.4 Å². The number of benzene rings is 2. The summed E-state index contributed by atoms with van der Waals surface area (Å²) in [5.41, 5.74) is 1.38. The molecule has 0 saturated heterocycles. The van der Waals surface area contributed by atoms with Crippen LogP contribution in [0.3, 0.4) is 0 Å². The molecule has 0 bridgehead atoms. The largest absolute Gasteiger partial charge is 0.497 e.